The zero-order valence-corrected chi connectivity index (χ0v) is 24.5. The molecule has 2 amide bonds. The first-order chi connectivity index (χ1) is 20.0. The molecule has 0 unspecified atom stereocenters. The summed E-state index contributed by atoms with van der Waals surface area (Å²) in [4.78, 5) is 32.8. The average molecular weight is 594 g/mol. The summed E-state index contributed by atoms with van der Waals surface area (Å²) in [6.45, 7) is 3.79. The summed E-state index contributed by atoms with van der Waals surface area (Å²) >= 11 is 0. The van der Waals surface area contributed by atoms with Gasteiger partial charge < -0.3 is 31.3 Å². The van der Waals surface area contributed by atoms with Gasteiger partial charge in [-0.3, -0.25) is 9.59 Å². The highest BCUT2D eigenvalue weighted by Crippen LogP contribution is 2.36. The van der Waals surface area contributed by atoms with Crippen molar-refractivity contribution < 1.29 is 27.5 Å². The van der Waals surface area contributed by atoms with E-state index in [4.69, 9.17) is 10.5 Å². The lowest BCUT2D eigenvalue weighted by Crippen LogP contribution is -2.43. The number of likely N-dealkylation sites (tertiary alicyclic amines) is 1. The molecule has 2 aliphatic rings. The van der Waals surface area contributed by atoms with Gasteiger partial charge in [0.05, 0.1) is 12.8 Å². The minimum Gasteiger partial charge on any atom is -0.495 e. The van der Waals surface area contributed by atoms with Gasteiger partial charge in [0.1, 0.15) is 17.1 Å². The number of aromatic nitrogens is 2. The molecule has 42 heavy (non-hydrogen) atoms. The van der Waals surface area contributed by atoms with Crippen molar-refractivity contribution >= 4 is 29.3 Å². The number of carbonyl (C=O) groups excluding carboxylic acids is 2. The number of ether oxygens (including phenoxy) is 1. The number of alkyl halides is 3. The number of halogens is 3. The molecule has 232 valence electrons. The average Bonchev–Trinajstić information content (AvgIpc) is 2.95. The Morgan fingerprint density at radius 2 is 1.79 bits per heavy atom. The van der Waals surface area contributed by atoms with Crippen molar-refractivity contribution in [1.29, 1.82) is 0 Å². The minimum absolute atomic E-state index is 0.00290. The number of hydrogen-bond donors (Lipinski definition) is 4. The van der Waals surface area contributed by atoms with Gasteiger partial charge >= 0.3 is 6.18 Å². The molecule has 0 bridgehead atoms. The Morgan fingerprint density at radius 3 is 2.36 bits per heavy atom. The Labute approximate surface area is 245 Å². The Kier molecular flexibility index (Phi) is 12.2. The third-order valence-electron chi connectivity index (χ3n) is 7.30. The van der Waals surface area contributed by atoms with Crippen molar-refractivity contribution in [3.8, 4) is 5.75 Å². The topological polar surface area (TPSA) is 134 Å². The highest BCUT2D eigenvalue weighted by molar-refractivity contribution is 5.95. The van der Waals surface area contributed by atoms with Gasteiger partial charge in [-0.15, -0.1) is 0 Å². The fourth-order valence-corrected chi connectivity index (χ4v) is 4.92. The van der Waals surface area contributed by atoms with Crippen molar-refractivity contribution in [2.45, 2.75) is 83.0 Å². The monoisotopic (exact) mass is 593 g/mol. The highest BCUT2D eigenvalue weighted by atomic mass is 19.4. The molecule has 0 spiro atoms. The Balaban J connectivity index is 0.000000730. The first kappa shape index (κ1) is 32.9. The van der Waals surface area contributed by atoms with E-state index in [1.165, 1.54) is 7.11 Å². The number of benzene rings is 1. The maximum Gasteiger partial charge on any atom is 0.421 e. The Hall–Kier alpha value is -3.61. The normalized spacial score (nSPS) is 16.6. The largest absolute Gasteiger partial charge is 0.495 e. The summed E-state index contributed by atoms with van der Waals surface area (Å²) in [5, 5.41) is 8.98. The van der Waals surface area contributed by atoms with E-state index in [0.29, 0.717) is 23.4 Å². The molecule has 1 aliphatic heterocycles. The van der Waals surface area contributed by atoms with Crippen LogP contribution in [0.3, 0.4) is 0 Å². The highest BCUT2D eigenvalue weighted by Gasteiger charge is 2.36. The maximum absolute atomic E-state index is 13.6. The van der Waals surface area contributed by atoms with Crippen LogP contribution in [0, 0.1) is 0 Å². The van der Waals surface area contributed by atoms with Gasteiger partial charge in [0, 0.05) is 30.3 Å². The molecule has 13 heteroatoms. The molecule has 1 aliphatic carbocycles. The van der Waals surface area contributed by atoms with E-state index in [0.717, 1.165) is 70.7 Å². The van der Waals surface area contributed by atoms with Crippen LogP contribution in [-0.4, -0.2) is 66.0 Å². The van der Waals surface area contributed by atoms with E-state index in [1.54, 1.807) is 18.2 Å². The molecule has 1 aromatic carbocycles. The van der Waals surface area contributed by atoms with Crippen LogP contribution >= 0.6 is 0 Å². The van der Waals surface area contributed by atoms with Gasteiger partial charge in [0.2, 0.25) is 11.9 Å². The third kappa shape index (κ3) is 10.0. The number of piperidine rings is 1. The number of rotatable bonds is 9. The number of nitrogens with two attached hydrogens (primary N) is 1. The quantitative estimate of drug-likeness (QED) is 0.316. The second-order valence-corrected chi connectivity index (χ2v) is 10.7. The van der Waals surface area contributed by atoms with Gasteiger partial charge in [0.15, 0.2) is 0 Å². The summed E-state index contributed by atoms with van der Waals surface area (Å²) in [5.74, 6) is -0.281. The summed E-state index contributed by atoms with van der Waals surface area (Å²) in [6.07, 6.45) is 4.02. The van der Waals surface area contributed by atoms with Gasteiger partial charge in [-0.1, -0.05) is 26.2 Å². The number of amides is 2. The molecule has 10 nitrogen and oxygen atoms in total. The number of primary amides is 1. The van der Waals surface area contributed by atoms with Crippen LogP contribution in [0.2, 0.25) is 0 Å². The summed E-state index contributed by atoms with van der Waals surface area (Å²) in [7, 11) is 3.52. The number of methoxy groups -OCH3 is 1. The smallest absolute Gasteiger partial charge is 0.421 e. The predicted octanol–water partition coefficient (Wildman–Crippen LogP) is 5.09. The molecule has 1 saturated heterocycles. The standard InChI is InChI=1S/C25H33F3N6O2.C4H9NO/c1-34-12-10-18(11-13-34)31-23(35)16-8-9-20(21(14-16)36-2)32-24-29-15-19(25(26,27)28)22(33-24)30-17-6-4-3-5-7-17;1-2-3-4(5)6/h8-9,14-15,17-18H,3-7,10-13H2,1-2H3,(H,31,35)(H2,29,30,32,33);2-3H2,1H3,(H2,5,6). The van der Waals surface area contributed by atoms with E-state index in [2.05, 4.69) is 37.9 Å². The van der Waals surface area contributed by atoms with Crippen molar-refractivity contribution in [1.82, 2.24) is 20.2 Å². The molecular formula is C29H42F3N7O3. The van der Waals surface area contributed by atoms with E-state index < -0.39 is 11.7 Å². The number of anilines is 3. The predicted molar refractivity (Wildman–Crippen MR) is 156 cm³/mol. The Bertz CT molecular complexity index is 1180. The minimum atomic E-state index is -4.57. The molecule has 2 heterocycles. The SMILES string of the molecule is CCCC(N)=O.COc1cc(C(=O)NC2CCN(C)CC2)ccc1Nc1ncc(C(F)(F)F)c(NC2CCCCC2)n1. The van der Waals surface area contributed by atoms with Gasteiger partial charge in [0.25, 0.3) is 5.91 Å². The maximum atomic E-state index is 13.6. The lowest BCUT2D eigenvalue weighted by molar-refractivity contribution is -0.137. The fraction of sp³-hybridized carbons (Fsp3) is 0.586. The van der Waals surface area contributed by atoms with Crippen molar-refractivity contribution in [2.24, 2.45) is 5.73 Å². The second kappa shape index (κ2) is 15.6. The van der Waals surface area contributed by atoms with Crippen LogP contribution in [0.1, 0.15) is 80.6 Å². The second-order valence-electron chi connectivity index (χ2n) is 10.7. The number of carbonyl (C=O) groups is 2. The van der Waals surface area contributed by atoms with E-state index in [-0.39, 0.29) is 35.7 Å². The zero-order chi connectivity index (χ0) is 30.7. The van der Waals surface area contributed by atoms with E-state index in [1.807, 2.05) is 6.92 Å². The first-order valence-corrected chi connectivity index (χ1v) is 14.4. The number of nitrogens with zero attached hydrogens (tertiary/aromatic N) is 3. The van der Waals surface area contributed by atoms with Crippen LogP contribution in [0.15, 0.2) is 24.4 Å². The van der Waals surface area contributed by atoms with E-state index >= 15 is 0 Å². The van der Waals surface area contributed by atoms with Gasteiger partial charge in [-0.25, -0.2) is 4.98 Å². The van der Waals surface area contributed by atoms with Crippen LogP contribution in [0.5, 0.6) is 5.75 Å². The van der Waals surface area contributed by atoms with Crippen LogP contribution in [0.4, 0.5) is 30.6 Å². The molecule has 1 saturated carbocycles. The summed E-state index contributed by atoms with van der Waals surface area (Å²) < 4.78 is 46.2. The summed E-state index contributed by atoms with van der Waals surface area (Å²) in [6, 6.07) is 4.93. The first-order valence-electron chi connectivity index (χ1n) is 14.4. The van der Waals surface area contributed by atoms with Gasteiger partial charge in [-0.2, -0.15) is 18.2 Å². The molecule has 0 radical (unpaired) electrons. The number of hydrogen-bond acceptors (Lipinski definition) is 8. The Morgan fingerprint density at radius 1 is 1.10 bits per heavy atom. The molecule has 0 atom stereocenters. The van der Waals surface area contributed by atoms with Crippen LogP contribution in [0.25, 0.3) is 0 Å². The van der Waals surface area contributed by atoms with Crippen molar-refractivity contribution in [3.63, 3.8) is 0 Å². The van der Waals surface area contributed by atoms with Crippen LogP contribution in [-0.2, 0) is 11.0 Å². The molecule has 4 rings (SSSR count). The van der Waals surface area contributed by atoms with Crippen molar-refractivity contribution in [3.05, 3.63) is 35.5 Å². The third-order valence-corrected chi connectivity index (χ3v) is 7.30. The van der Waals surface area contributed by atoms with Gasteiger partial charge in [-0.05, 0) is 70.4 Å². The molecule has 1 aromatic heterocycles. The zero-order valence-electron chi connectivity index (χ0n) is 24.5. The molecular weight excluding hydrogens is 551 g/mol. The number of nitrogens with one attached hydrogen (secondary N) is 3. The summed E-state index contributed by atoms with van der Waals surface area (Å²) in [5.41, 5.74) is 4.74. The van der Waals surface area contributed by atoms with E-state index in [9.17, 15) is 22.8 Å². The van der Waals surface area contributed by atoms with Crippen molar-refractivity contribution in [2.75, 3.05) is 37.9 Å². The van der Waals surface area contributed by atoms with Crippen LogP contribution < -0.4 is 26.4 Å². The molecule has 2 fully saturated rings. The fourth-order valence-electron chi connectivity index (χ4n) is 4.92. The lowest BCUT2D eigenvalue weighted by Gasteiger charge is -2.29. The lowest BCUT2D eigenvalue weighted by atomic mass is 9.95. The molecule has 2 aromatic rings. The molecule has 5 N–H and O–H groups in total.